The fraction of sp³-hybridized carbons (Fsp3) is 0.312. The van der Waals surface area contributed by atoms with E-state index >= 15 is 0 Å². The minimum absolute atomic E-state index is 0.0344. The minimum Gasteiger partial charge on any atom is -0.294 e. The van der Waals surface area contributed by atoms with Gasteiger partial charge in [-0.1, -0.05) is 24.3 Å². The Labute approximate surface area is 125 Å². The quantitative estimate of drug-likeness (QED) is 0.607. The van der Waals surface area contributed by atoms with Crippen LogP contribution in [0.4, 0.5) is 11.5 Å². The molecular weight excluding hydrogens is 266 g/mol. The highest BCUT2D eigenvalue weighted by Crippen LogP contribution is 2.38. The van der Waals surface area contributed by atoms with Crippen molar-refractivity contribution < 1.29 is 0 Å². The zero-order chi connectivity index (χ0) is 14.6. The molecule has 0 aliphatic carbocycles. The molecule has 1 heterocycles. The number of rotatable bonds is 5. The van der Waals surface area contributed by atoms with E-state index in [0.29, 0.717) is 0 Å². The molecular formula is C16H21N3S. The third-order valence-corrected chi connectivity index (χ3v) is 4.63. The highest BCUT2D eigenvalue weighted by atomic mass is 32.2. The molecule has 4 heteroatoms. The van der Waals surface area contributed by atoms with Crippen molar-refractivity contribution in [3.8, 4) is 0 Å². The van der Waals surface area contributed by atoms with Crippen LogP contribution in [0.5, 0.6) is 0 Å². The van der Waals surface area contributed by atoms with Gasteiger partial charge in [-0.25, -0.2) is 4.98 Å². The van der Waals surface area contributed by atoms with Gasteiger partial charge in [0.25, 0.3) is 0 Å². The summed E-state index contributed by atoms with van der Waals surface area (Å²) in [7, 11) is 4.18. The fourth-order valence-electron chi connectivity index (χ4n) is 1.57. The predicted molar refractivity (Wildman–Crippen MR) is 88.2 cm³/mol. The average molecular weight is 287 g/mol. The minimum atomic E-state index is -0.0344. The molecule has 0 aliphatic rings. The molecule has 1 aromatic heterocycles. The fourth-order valence-corrected chi connectivity index (χ4v) is 2.61. The first kappa shape index (κ1) is 14.9. The Bertz CT molecular complexity index is 486. The standard InChI is InChI=1S/C16H21N3S/c1-16(2,18(3)4)20-19(14-10-6-5-7-11-14)15-12-8-9-13-17-15/h5-13H,1-4H3. The van der Waals surface area contributed by atoms with Crippen molar-refractivity contribution in [2.75, 3.05) is 18.4 Å². The molecule has 106 valence electrons. The van der Waals surface area contributed by atoms with Crippen LogP contribution in [0.2, 0.25) is 0 Å². The maximum absolute atomic E-state index is 4.49. The van der Waals surface area contributed by atoms with E-state index in [1.165, 1.54) is 0 Å². The van der Waals surface area contributed by atoms with E-state index in [1.54, 1.807) is 11.9 Å². The summed E-state index contributed by atoms with van der Waals surface area (Å²) in [6, 6.07) is 16.3. The third kappa shape index (κ3) is 3.52. The van der Waals surface area contributed by atoms with Crippen molar-refractivity contribution in [1.29, 1.82) is 0 Å². The van der Waals surface area contributed by atoms with Gasteiger partial charge in [0.1, 0.15) is 5.82 Å². The second kappa shape index (κ2) is 6.29. The predicted octanol–water partition coefficient (Wildman–Crippen LogP) is 4.17. The molecule has 0 aliphatic heterocycles. The van der Waals surface area contributed by atoms with E-state index < -0.39 is 0 Å². The molecule has 0 saturated heterocycles. The number of aromatic nitrogens is 1. The Kier molecular flexibility index (Phi) is 4.68. The van der Waals surface area contributed by atoms with Crippen LogP contribution in [0.1, 0.15) is 13.8 Å². The number of anilines is 2. The lowest BCUT2D eigenvalue weighted by Gasteiger charge is -2.36. The maximum atomic E-state index is 4.49. The van der Waals surface area contributed by atoms with Gasteiger partial charge in [0.05, 0.1) is 10.6 Å². The Morgan fingerprint density at radius 1 is 0.950 bits per heavy atom. The van der Waals surface area contributed by atoms with E-state index in [-0.39, 0.29) is 4.87 Å². The van der Waals surface area contributed by atoms with Gasteiger partial charge in [0, 0.05) is 6.20 Å². The monoisotopic (exact) mass is 287 g/mol. The molecule has 0 N–H and O–H groups in total. The number of nitrogens with zero attached hydrogens (tertiary/aromatic N) is 3. The smallest absolute Gasteiger partial charge is 0.143 e. The van der Waals surface area contributed by atoms with Gasteiger partial charge in [0.2, 0.25) is 0 Å². The summed E-state index contributed by atoms with van der Waals surface area (Å²) in [6.07, 6.45) is 1.83. The van der Waals surface area contributed by atoms with Gasteiger partial charge >= 0.3 is 0 Å². The second-order valence-corrected chi connectivity index (χ2v) is 6.80. The summed E-state index contributed by atoms with van der Waals surface area (Å²) in [5.74, 6) is 0.943. The molecule has 0 fully saturated rings. The number of benzene rings is 1. The topological polar surface area (TPSA) is 19.4 Å². The summed E-state index contributed by atoms with van der Waals surface area (Å²) in [5, 5.41) is 0. The molecule has 20 heavy (non-hydrogen) atoms. The third-order valence-electron chi connectivity index (χ3n) is 3.24. The molecule has 0 unspecified atom stereocenters. The van der Waals surface area contributed by atoms with Crippen molar-refractivity contribution in [3.63, 3.8) is 0 Å². The van der Waals surface area contributed by atoms with Crippen molar-refractivity contribution in [1.82, 2.24) is 9.88 Å². The zero-order valence-corrected chi connectivity index (χ0v) is 13.3. The highest BCUT2D eigenvalue weighted by molar-refractivity contribution is 8.02. The second-order valence-electron chi connectivity index (χ2n) is 5.25. The van der Waals surface area contributed by atoms with E-state index in [4.69, 9.17) is 0 Å². The lowest BCUT2D eigenvalue weighted by atomic mass is 10.3. The van der Waals surface area contributed by atoms with Crippen LogP contribution in [0, 0.1) is 0 Å². The van der Waals surface area contributed by atoms with Crippen LogP contribution in [-0.4, -0.2) is 28.9 Å². The molecule has 0 saturated carbocycles. The summed E-state index contributed by atoms with van der Waals surface area (Å²) in [6.45, 7) is 4.41. The van der Waals surface area contributed by atoms with E-state index in [2.05, 4.69) is 66.4 Å². The first-order valence-corrected chi connectivity index (χ1v) is 7.41. The molecule has 0 atom stereocenters. The molecule has 0 spiro atoms. The SMILES string of the molecule is CN(C)C(C)(C)SN(c1ccccc1)c1ccccn1. The Hall–Kier alpha value is -1.52. The van der Waals surface area contributed by atoms with Crippen molar-refractivity contribution >= 4 is 23.5 Å². The molecule has 3 nitrogen and oxygen atoms in total. The first-order chi connectivity index (χ1) is 9.50. The normalized spacial score (nSPS) is 11.7. The van der Waals surface area contributed by atoms with Gasteiger partial charge in [-0.2, -0.15) is 0 Å². The first-order valence-electron chi connectivity index (χ1n) is 6.63. The molecule has 0 bridgehead atoms. The van der Waals surface area contributed by atoms with Crippen molar-refractivity contribution in [2.45, 2.75) is 18.7 Å². The number of hydrogen-bond acceptors (Lipinski definition) is 4. The Morgan fingerprint density at radius 2 is 1.60 bits per heavy atom. The van der Waals surface area contributed by atoms with Gasteiger partial charge in [0.15, 0.2) is 0 Å². The lowest BCUT2D eigenvalue weighted by Crippen LogP contribution is -2.37. The zero-order valence-electron chi connectivity index (χ0n) is 12.4. The summed E-state index contributed by atoms with van der Waals surface area (Å²) in [5.41, 5.74) is 1.13. The Balaban J connectivity index is 2.36. The summed E-state index contributed by atoms with van der Waals surface area (Å²) < 4.78 is 2.18. The van der Waals surface area contributed by atoms with Crippen LogP contribution >= 0.6 is 11.9 Å². The largest absolute Gasteiger partial charge is 0.294 e. The van der Waals surface area contributed by atoms with Crippen LogP contribution in [0.3, 0.4) is 0 Å². The molecule has 2 aromatic rings. The van der Waals surface area contributed by atoms with Gasteiger partial charge in [-0.05, 0) is 64.2 Å². The lowest BCUT2D eigenvalue weighted by molar-refractivity contribution is 0.299. The van der Waals surface area contributed by atoms with Crippen LogP contribution in [0.15, 0.2) is 54.7 Å². The van der Waals surface area contributed by atoms with Crippen molar-refractivity contribution in [3.05, 3.63) is 54.7 Å². The molecule has 2 rings (SSSR count). The number of para-hydroxylation sites is 1. The van der Waals surface area contributed by atoms with E-state index in [1.807, 2.05) is 30.5 Å². The molecule has 1 aromatic carbocycles. The van der Waals surface area contributed by atoms with Gasteiger partial charge in [-0.15, -0.1) is 0 Å². The average Bonchev–Trinajstić information content (AvgIpc) is 2.46. The van der Waals surface area contributed by atoms with Crippen LogP contribution < -0.4 is 4.31 Å². The highest BCUT2D eigenvalue weighted by Gasteiger charge is 2.27. The van der Waals surface area contributed by atoms with E-state index in [9.17, 15) is 0 Å². The maximum Gasteiger partial charge on any atom is 0.143 e. The molecule has 0 amide bonds. The molecule has 0 radical (unpaired) electrons. The van der Waals surface area contributed by atoms with Gasteiger partial charge in [-0.3, -0.25) is 9.21 Å². The number of hydrogen-bond donors (Lipinski definition) is 0. The van der Waals surface area contributed by atoms with Gasteiger partial charge < -0.3 is 0 Å². The van der Waals surface area contributed by atoms with Crippen LogP contribution in [-0.2, 0) is 0 Å². The van der Waals surface area contributed by atoms with E-state index in [0.717, 1.165) is 11.5 Å². The summed E-state index contributed by atoms with van der Waals surface area (Å²) in [4.78, 5) is 6.66. The summed E-state index contributed by atoms with van der Waals surface area (Å²) >= 11 is 1.76. The van der Waals surface area contributed by atoms with Crippen LogP contribution in [0.25, 0.3) is 0 Å². The van der Waals surface area contributed by atoms with Crippen molar-refractivity contribution in [2.24, 2.45) is 0 Å². The number of pyridine rings is 1. The Morgan fingerprint density at radius 3 is 2.15 bits per heavy atom.